The highest BCUT2D eigenvalue weighted by molar-refractivity contribution is 7.09. The van der Waals surface area contributed by atoms with Crippen LogP contribution in [0.25, 0.3) is 0 Å². The molecule has 0 radical (unpaired) electrons. The Balaban J connectivity index is 1.75. The van der Waals surface area contributed by atoms with Gasteiger partial charge in [0.05, 0.1) is 24.4 Å². The number of methoxy groups -OCH3 is 1. The lowest BCUT2D eigenvalue weighted by atomic mass is 10.3. The van der Waals surface area contributed by atoms with Crippen LogP contribution in [0.15, 0.2) is 29.6 Å². The molecule has 0 aliphatic carbocycles. The van der Waals surface area contributed by atoms with E-state index in [1.165, 1.54) is 0 Å². The van der Waals surface area contributed by atoms with E-state index in [0.29, 0.717) is 6.61 Å². The van der Waals surface area contributed by atoms with E-state index in [2.05, 4.69) is 22.6 Å². The van der Waals surface area contributed by atoms with Gasteiger partial charge in [-0.2, -0.15) is 0 Å². The van der Waals surface area contributed by atoms with Crippen LogP contribution in [0, 0.1) is 0 Å². The van der Waals surface area contributed by atoms with E-state index < -0.39 is 0 Å². The van der Waals surface area contributed by atoms with Crippen LogP contribution in [0.3, 0.4) is 0 Å². The lowest BCUT2D eigenvalue weighted by Gasteiger charge is -2.05. The average Bonchev–Trinajstić information content (AvgIpc) is 2.94. The smallest absolute Gasteiger partial charge is 0.119 e. The molecule has 0 unspecified atom stereocenters. The van der Waals surface area contributed by atoms with E-state index in [0.717, 1.165) is 41.7 Å². The molecule has 1 aromatic heterocycles. The van der Waals surface area contributed by atoms with E-state index in [-0.39, 0.29) is 0 Å². The highest BCUT2D eigenvalue weighted by atomic mass is 32.1. The second-order valence-electron chi connectivity index (χ2n) is 4.29. The number of thiazole rings is 1. The van der Waals surface area contributed by atoms with Crippen LogP contribution in [0.2, 0.25) is 0 Å². The molecule has 2 aromatic rings. The summed E-state index contributed by atoms with van der Waals surface area (Å²) >= 11 is 1.69. The fourth-order valence-electron chi connectivity index (χ4n) is 1.73. The van der Waals surface area contributed by atoms with Crippen LogP contribution in [0.5, 0.6) is 11.5 Å². The Morgan fingerprint density at radius 1 is 1.20 bits per heavy atom. The maximum atomic E-state index is 5.70. The number of nitrogens with zero attached hydrogens (tertiary/aromatic N) is 1. The largest absolute Gasteiger partial charge is 0.497 e. The fourth-order valence-corrected chi connectivity index (χ4v) is 2.51. The number of hydrogen-bond donors (Lipinski definition) is 1. The maximum Gasteiger partial charge on any atom is 0.119 e. The van der Waals surface area contributed by atoms with Gasteiger partial charge in [0, 0.05) is 18.3 Å². The fraction of sp³-hybridized carbons (Fsp3) is 0.400. The van der Waals surface area contributed by atoms with Crippen molar-refractivity contribution in [3.05, 3.63) is 40.3 Å². The van der Waals surface area contributed by atoms with Crippen molar-refractivity contribution in [2.75, 3.05) is 20.3 Å². The van der Waals surface area contributed by atoms with Gasteiger partial charge in [-0.15, -0.1) is 11.3 Å². The Kier molecular flexibility index (Phi) is 5.83. The predicted octanol–water partition coefficient (Wildman–Crippen LogP) is 2.88. The highest BCUT2D eigenvalue weighted by Crippen LogP contribution is 2.17. The number of aromatic nitrogens is 1. The molecule has 4 nitrogen and oxygen atoms in total. The predicted molar refractivity (Wildman–Crippen MR) is 81.7 cm³/mol. The molecule has 1 aromatic carbocycles. The van der Waals surface area contributed by atoms with Crippen molar-refractivity contribution in [1.29, 1.82) is 0 Å². The Morgan fingerprint density at radius 3 is 2.65 bits per heavy atom. The quantitative estimate of drug-likeness (QED) is 0.812. The molecule has 0 fully saturated rings. The van der Waals surface area contributed by atoms with E-state index in [9.17, 15) is 0 Å². The summed E-state index contributed by atoms with van der Waals surface area (Å²) in [4.78, 5) is 4.56. The van der Waals surface area contributed by atoms with Gasteiger partial charge in [0.25, 0.3) is 0 Å². The summed E-state index contributed by atoms with van der Waals surface area (Å²) in [7, 11) is 1.66. The molecule has 0 atom stereocenters. The van der Waals surface area contributed by atoms with Crippen LogP contribution in [0.1, 0.15) is 17.6 Å². The van der Waals surface area contributed by atoms with Crippen LogP contribution in [-0.2, 0) is 13.0 Å². The maximum absolute atomic E-state index is 5.70. The van der Waals surface area contributed by atoms with E-state index >= 15 is 0 Å². The summed E-state index contributed by atoms with van der Waals surface area (Å²) in [6.07, 6.45) is 0.836. The summed E-state index contributed by atoms with van der Waals surface area (Å²) in [5.41, 5.74) is 1.11. The first-order valence-corrected chi connectivity index (χ1v) is 7.60. The number of rotatable bonds is 8. The molecule has 1 N–H and O–H groups in total. The second kappa shape index (κ2) is 7.87. The molecule has 108 valence electrons. The zero-order valence-corrected chi connectivity index (χ0v) is 12.7. The molecule has 0 spiro atoms. The molecular formula is C15H20N2O2S. The van der Waals surface area contributed by atoms with E-state index in [1.807, 2.05) is 24.3 Å². The summed E-state index contributed by atoms with van der Waals surface area (Å²) in [5, 5.41) is 6.49. The average molecular weight is 292 g/mol. The minimum absolute atomic E-state index is 0.639. The third-order valence-electron chi connectivity index (χ3n) is 2.80. The number of ether oxygens (including phenoxy) is 2. The molecular weight excluding hydrogens is 272 g/mol. The Labute approximate surface area is 123 Å². The zero-order chi connectivity index (χ0) is 14.2. The third kappa shape index (κ3) is 4.51. The first-order chi connectivity index (χ1) is 9.81. The van der Waals surface area contributed by atoms with Crippen molar-refractivity contribution in [3.8, 4) is 11.5 Å². The van der Waals surface area contributed by atoms with Crippen LogP contribution >= 0.6 is 11.3 Å². The van der Waals surface area contributed by atoms with Gasteiger partial charge in [0.1, 0.15) is 11.5 Å². The van der Waals surface area contributed by atoms with Crippen LogP contribution in [-0.4, -0.2) is 25.2 Å². The minimum atomic E-state index is 0.639. The van der Waals surface area contributed by atoms with Gasteiger partial charge >= 0.3 is 0 Å². The van der Waals surface area contributed by atoms with Crippen molar-refractivity contribution in [1.82, 2.24) is 10.3 Å². The second-order valence-corrected chi connectivity index (χ2v) is 5.23. The molecule has 0 bridgehead atoms. The number of hydrogen-bond acceptors (Lipinski definition) is 5. The van der Waals surface area contributed by atoms with Crippen molar-refractivity contribution < 1.29 is 9.47 Å². The monoisotopic (exact) mass is 292 g/mol. The molecule has 1 heterocycles. The molecule has 0 saturated heterocycles. The van der Waals surface area contributed by atoms with Gasteiger partial charge in [0.15, 0.2) is 0 Å². The SMILES string of the molecule is CCNCc1csc(CCOc2ccc(OC)cc2)n1. The van der Waals surface area contributed by atoms with Crippen molar-refractivity contribution in [2.24, 2.45) is 0 Å². The van der Waals surface area contributed by atoms with Gasteiger partial charge in [-0.1, -0.05) is 6.92 Å². The molecule has 5 heteroatoms. The Morgan fingerprint density at radius 2 is 1.95 bits per heavy atom. The van der Waals surface area contributed by atoms with Gasteiger partial charge in [0.2, 0.25) is 0 Å². The van der Waals surface area contributed by atoms with E-state index in [4.69, 9.17) is 9.47 Å². The summed E-state index contributed by atoms with van der Waals surface area (Å²) in [6, 6.07) is 7.62. The Hall–Kier alpha value is -1.59. The molecule has 0 saturated carbocycles. The number of nitrogens with one attached hydrogen (secondary N) is 1. The topological polar surface area (TPSA) is 43.4 Å². The molecule has 0 aliphatic rings. The molecule has 0 amide bonds. The molecule has 2 rings (SSSR count). The number of benzene rings is 1. The lowest BCUT2D eigenvalue weighted by Crippen LogP contribution is -2.12. The van der Waals surface area contributed by atoms with Gasteiger partial charge < -0.3 is 14.8 Å². The van der Waals surface area contributed by atoms with E-state index in [1.54, 1.807) is 18.4 Å². The lowest BCUT2D eigenvalue weighted by molar-refractivity contribution is 0.320. The standard InChI is InChI=1S/C15H20N2O2S/c1-3-16-10-12-11-20-15(17-12)8-9-19-14-6-4-13(18-2)5-7-14/h4-7,11,16H,3,8-10H2,1-2H3. The zero-order valence-electron chi connectivity index (χ0n) is 11.9. The van der Waals surface area contributed by atoms with Gasteiger partial charge in [-0.05, 0) is 30.8 Å². The molecule has 0 aliphatic heterocycles. The van der Waals surface area contributed by atoms with Gasteiger partial charge in [-0.3, -0.25) is 0 Å². The first kappa shape index (κ1) is 14.8. The summed E-state index contributed by atoms with van der Waals surface area (Å²) < 4.78 is 10.8. The first-order valence-electron chi connectivity index (χ1n) is 6.72. The normalized spacial score (nSPS) is 10.5. The summed E-state index contributed by atoms with van der Waals surface area (Å²) in [6.45, 7) is 4.54. The van der Waals surface area contributed by atoms with Crippen molar-refractivity contribution >= 4 is 11.3 Å². The highest BCUT2D eigenvalue weighted by Gasteiger charge is 2.02. The van der Waals surface area contributed by atoms with Crippen molar-refractivity contribution in [2.45, 2.75) is 19.9 Å². The van der Waals surface area contributed by atoms with Crippen LogP contribution in [0.4, 0.5) is 0 Å². The molecule has 20 heavy (non-hydrogen) atoms. The van der Waals surface area contributed by atoms with Gasteiger partial charge in [-0.25, -0.2) is 4.98 Å². The third-order valence-corrected chi connectivity index (χ3v) is 3.76. The van der Waals surface area contributed by atoms with Crippen molar-refractivity contribution in [3.63, 3.8) is 0 Å². The summed E-state index contributed by atoms with van der Waals surface area (Å²) in [5.74, 6) is 1.69. The van der Waals surface area contributed by atoms with Crippen LogP contribution < -0.4 is 14.8 Å². The Bertz CT molecular complexity index is 511. The minimum Gasteiger partial charge on any atom is -0.497 e.